The number of carbonyl (C=O) groups excluding carboxylic acids is 1. The third kappa shape index (κ3) is 6.07. The van der Waals surface area contributed by atoms with Crippen LogP contribution in [0.5, 0.6) is 0 Å². The Morgan fingerprint density at radius 1 is 1.34 bits per heavy atom. The van der Waals surface area contributed by atoms with Gasteiger partial charge in [-0.3, -0.25) is 9.69 Å². The number of likely N-dealkylation sites (tertiary alicyclic amines) is 1. The van der Waals surface area contributed by atoms with Crippen molar-refractivity contribution in [2.45, 2.75) is 25.6 Å². The molecule has 2 N–H and O–H groups in total. The van der Waals surface area contributed by atoms with Crippen LogP contribution in [0.4, 0.5) is 13.2 Å². The largest absolute Gasteiger partial charge is 0.490 e. The quantitative estimate of drug-likeness (QED) is 0.758. The summed E-state index contributed by atoms with van der Waals surface area (Å²) in [6, 6.07) is 8.01. The van der Waals surface area contributed by atoms with Crippen LogP contribution in [-0.4, -0.2) is 61.4 Å². The minimum atomic E-state index is -5.08. The Balaban J connectivity index is 0.000000370. The molecule has 1 amide bonds. The summed E-state index contributed by atoms with van der Waals surface area (Å²) >= 11 is 6.25. The van der Waals surface area contributed by atoms with Crippen LogP contribution in [-0.2, 0) is 20.9 Å². The van der Waals surface area contributed by atoms with E-state index in [4.69, 9.17) is 26.2 Å². The molecule has 2 heterocycles. The van der Waals surface area contributed by atoms with Gasteiger partial charge in [0.05, 0.1) is 12.5 Å². The van der Waals surface area contributed by atoms with Crippen molar-refractivity contribution in [3.63, 3.8) is 0 Å². The molecular formula is C19H24ClF3N2O4. The molecule has 0 saturated carbocycles. The molecule has 0 bridgehead atoms. The number of hydrogen-bond donors (Lipinski definition) is 2. The second-order valence-electron chi connectivity index (χ2n) is 7.26. The second kappa shape index (κ2) is 9.77. The van der Waals surface area contributed by atoms with E-state index < -0.39 is 12.1 Å². The topological polar surface area (TPSA) is 78.9 Å². The number of carbonyl (C=O) groups is 2. The predicted molar refractivity (Wildman–Crippen MR) is 100 cm³/mol. The molecule has 0 radical (unpaired) electrons. The van der Waals surface area contributed by atoms with Crippen LogP contribution in [0.15, 0.2) is 24.3 Å². The molecule has 1 unspecified atom stereocenters. The number of amides is 1. The molecule has 2 aliphatic heterocycles. The number of nitrogens with one attached hydrogen (secondary N) is 1. The van der Waals surface area contributed by atoms with Crippen molar-refractivity contribution in [1.29, 1.82) is 0 Å². The Kier molecular flexibility index (Phi) is 7.90. The van der Waals surface area contributed by atoms with Gasteiger partial charge in [-0.15, -0.1) is 0 Å². The molecule has 10 heteroatoms. The number of carboxylic acids is 1. The molecule has 2 fully saturated rings. The van der Waals surface area contributed by atoms with Gasteiger partial charge in [-0.1, -0.05) is 29.8 Å². The summed E-state index contributed by atoms with van der Waals surface area (Å²) in [4.78, 5) is 23.4. The summed E-state index contributed by atoms with van der Waals surface area (Å²) in [5.41, 5.74) is 1.25. The van der Waals surface area contributed by atoms with Gasteiger partial charge in [0.2, 0.25) is 5.91 Å². The van der Waals surface area contributed by atoms with Gasteiger partial charge in [0.15, 0.2) is 0 Å². The summed E-state index contributed by atoms with van der Waals surface area (Å²) in [5.74, 6) is -2.60. The van der Waals surface area contributed by atoms with Gasteiger partial charge in [-0.25, -0.2) is 4.79 Å². The first-order valence-corrected chi connectivity index (χ1v) is 9.49. The zero-order valence-electron chi connectivity index (χ0n) is 16.0. The van der Waals surface area contributed by atoms with Crippen LogP contribution in [0.25, 0.3) is 0 Å². The molecule has 1 aromatic carbocycles. The smallest absolute Gasteiger partial charge is 0.475 e. The highest BCUT2D eigenvalue weighted by Gasteiger charge is 2.49. The summed E-state index contributed by atoms with van der Waals surface area (Å²) < 4.78 is 37.0. The molecule has 0 aromatic heterocycles. The van der Waals surface area contributed by atoms with Gasteiger partial charge in [-0.2, -0.15) is 13.2 Å². The average Bonchev–Trinajstić information content (AvgIpc) is 2.95. The fourth-order valence-electron chi connectivity index (χ4n) is 3.76. The molecule has 2 saturated heterocycles. The van der Waals surface area contributed by atoms with Crippen molar-refractivity contribution in [2.24, 2.45) is 11.3 Å². The highest BCUT2D eigenvalue weighted by Crippen LogP contribution is 2.42. The van der Waals surface area contributed by atoms with E-state index in [-0.39, 0.29) is 17.2 Å². The SMILES string of the molecule is COCC1C(=O)NCC12CCN(Cc1ccccc1Cl)CC2.O=C(O)C(F)(F)F. The fraction of sp³-hybridized carbons (Fsp3) is 0.579. The number of nitrogens with zero attached hydrogens (tertiary/aromatic N) is 1. The number of rotatable bonds is 4. The molecular weight excluding hydrogens is 413 g/mol. The van der Waals surface area contributed by atoms with Crippen molar-refractivity contribution in [3.8, 4) is 0 Å². The van der Waals surface area contributed by atoms with E-state index in [0.29, 0.717) is 6.61 Å². The maximum absolute atomic E-state index is 12.0. The number of hydrogen-bond acceptors (Lipinski definition) is 4. The lowest BCUT2D eigenvalue weighted by molar-refractivity contribution is -0.192. The summed E-state index contributed by atoms with van der Waals surface area (Å²) in [6.07, 6.45) is -3.02. The van der Waals surface area contributed by atoms with Crippen LogP contribution in [0.1, 0.15) is 18.4 Å². The number of methoxy groups -OCH3 is 1. The number of ether oxygens (including phenoxy) is 1. The summed E-state index contributed by atoms with van der Waals surface area (Å²) in [5, 5.41) is 11.0. The van der Waals surface area contributed by atoms with E-state index in [1.54, 1.807) is 7.11 Å². The maximum Gasteiger partial charge on any atom is 0.490 e. The number of carboxylic acid groups (broad SMARTS) is 1. The standard InChI is InChI=1S/C17H23ClN2O2.C2HF3O2/c1-22-11-14-16(21)19-12-17(14)6-8-20(9-7-17)10-13-4-2-3-5-15(13)18;3-2(4,5)1(6)7/h2-5,14H,6-12H2,1H3,(H,19,21);(H,6,7). The minimum Gasteiger partial charge on any atom is -0.475 e. The molecule has 1 aromatic rings. The van der Waals surface area contributed by atoms with Crippen LogP contribution < -0.4 is 5.32 Å². The zero-order chi connectivity index (χ0) is 21.7. The van der Waals surface area contributed by atoms with E-state index >= 15 is 0 Å². The Bertz CT molecular complexity index is 722. The Labute approximate surface area is 172 Å². The van der Waals surface area contributed by atoms with E-state index in [1.807, 2.05) is 18.2 Å². The average molecular weight is 437 g/mol. The van der Waals surface area contributed by atoms with Crippen molar-refractivity contribution in [3.05, 3.63) is 34.9 Å². The van der Waals surface area contributed by atoms with Crippen LogP contribution >= 0.6 is 11.6 Å². The van der Waals surface area contributed by atoms with Gasteiger partial charge in [0, 0.05) is 30.6 Å². The van der Waals surface area contributed by atoms with Crippen molar-refractivity contribution in [2.75, 3.05) is 33.4 Å². The Hall–Kier alpha value is -1.84. The number of piperidine rings is 1. The summed E-state index contributed by atoms with van der Waals surface area (Å²) in [6.45, 7) is 4.20. The Morgan fingerprint density at radius 3 is 2.45 bits per heavy atom. The molecule has 6 nitrogen and oxygen atoms in total. The van der Waals surface area contributed by atoms with Crippen LogP contribution in [0, 0.1) is 11.3 Å². The van der Waals surface area contributed by atoms with E-state index in [2.05, 4.69) is 16.3 Å². The lowest BCUT2D eigenvalue weighted by Crippen LogP contribution is -2.45. The highest BCUT2D eigenvalue weighted by atomic mass is 35.5. The van der Waals surface area contributed by atoms with Gasteiger partial charge in [-0.05, 0) is 37.6 Å². The normalized spacial score (nSPS) is 21.4. The zero-order valence-corrected chi connectivity index (χ0v) is 16.7. The first-order chi connectivity index (χ1) is 13.6. The monoisotopic (exact) mass is 436 g/mol. The number of benzene rings is 1. The van der Waals surface area contributed by atoms with Gasteiger partial charge in [0.1, 0.15) is 0 Å². The lowest BCUT2D eigenvalue weighted by Gasteiger charge is -2.41. The fourth-order valence-corrected chi connectivity index (χ4v) is 3.95. The number of halogens is 4. The molecule has 0 aliphatic carbocycles. The third-order valence-electron chi connectivity index (χ3n) is 5.45. The second-order valence-corrected chi connectivity index (χ2v) is 7.67. The van der Waals surface area contributed by atoms with Crippen molar-refractivity contribution in [1.82, 2.24) is 10.2 Å². The van der Waals surface area contributed by atoms with E-state index in [1.165, 1.54) is 5.56 Å². The van der Waals surface area contributed by atoms with Crippen LogP contribution in [0.2, 0.25) is 5.02 Å². The third-order valence-corrected chi connectivity index (χ3v) is 5.82. The minimum absolute atomic E-state index is 0.0000340. The number of aliphatic carboxylic acids is 1. The molecule has 1 atom stereocenters. The van der Waals surface area contributed by atoms with E-state index in [0.717, 1.165) is 44.0 Å². The lowest BCUT2D eigenvalue weighted by atomic mass is 9.71. The molecule has 1 spiro atoms. The molecule has 29 heavy (non-hydrogen) atoms. The highest BCUT2D eigenvalue weighted by molar-refractivity contribution is 6.31. The Morgan fingerprint density at radius 2 is 1.93 bits per heavy atom. The summed E-state index contributed by atoms with van der Waals surface area (Å²) in [7, 11) is 1.67. The van der Waals surface area contributed by atoms with Gasteiger partial charge in [0.25, 0.3) is 0 Å². The molecule has 162 valence electrons. The van der Waals surface area contributed by atoms with Crippen molar-refractivity contribution < 1.29 is 32.6 Å². The molecule has 3 rings (SSSR count). The first kappa shape index (κ1) is 23.4. The van der Waals surface area contributed by atoms with Crippen LogP contribution in [0.3, 0.4) is 0 Å². The predicted octanol–water partition coefficient (Wildman–Crippen LogP) is 2.95. The first-order valence-electron chi connectivity index (χ1n) is 9.11. The van der Waals surface area contributed by atoms with Gasteiger partial charge >= 0.3 is 12.1 Å². The molecule has 2 aliphatic rings. The van der Waals surface area contributed by atoms with E-state index in [9.17, 15) is 18.0 Å². The van der Waals surface area contributed by atoms with Crippen molar-refractivity contribution >= 4 is 23.5 Å². The maximum atomic E-state index is 12.0. The number of alkyl halides is 3. The van der Waals surface area contributed by atoms with Gasteiger partial charge < -0.3 is 15.2 Å².